The Hall–Kier alpha value is -1.43. The molecule has 0 bridgehead atoms. The van der Waals surface area contributed by atoms with Crippen LogP contribution in [0.2, 0.25) is 0 Å². The van der Waals surface area contributed by atoms with Gasteiger partial charge in [-0.15, -0.1) is 33.2 Å². The number of nitrogens with zero attached hydrogens (tertiary/aromatic N) is 5. The fourth-order valence-electron chi connectivity index (χ4n) is 0.855. The van der Waals surface area contributed by atoms with E-state index in [0.29, 0.717) is 5.65 Å². The average Bonchev–Trinajstić information content (AvgIpc) is 2.61. The Morgan fingerprint density at radius 1 is 1.54 bits per heavy atom. The predicted octanol–water partition coefficient (Wildman–Crippen LogP) is 0.797. The van der Waals surface area contributed by atoms with Gasteiger partial charge in [-0.2, -0.15) is 0 Å². The van der Waals surface area contributed by atoms with Gasteiger partial charge in [0.1, 0.15) is 5.03 Å². The van der Waals surface area contributed by atoms with E-state index in [-0.39, 0.29) is 0 Å². The van der Waals surface area contributed by atoms with E-state index in [4.69, 9.17) is 0 Å². The summed E-state index contributed by atoms with van der Waals surface area (Å²) in [6.07, 6.45) is 1.83. The van der Waals surface area contributed by atoms with Crippen LogP contribution in [0.3, 0.4) is 0 Å². The summed E-state index contributed by atoms with van der Waals surface area (Å²) < 4.78 is 1.41. The maximum Gasteiger partial charge on any atom is 0.200 e. The normalized spacial score (nSPS) is 10.5. The molecule has 0 aliphatic carbocycles. The van der Waals surface area contributed by atoms with E-state index in [1.54, 1.807) is 11.8 Å². The Labute approximate surface area is 78.8 Å². The smallest absolute Gasteiger partial charge is 0.140 e. The number of hydrogen-bond donors (Lipinski definition) is 0. The maximum absolute atomic E-state index is 4.17. The van der Waals surface area contributed by atoms with Crippen LogP contribution in [0.15, 0.2) is 29.8 Å². The van der Waals surface area contributed by atoms with Crippen LogP contribution in [-0.4, -0.2) is 31.0 Å². The van der Waals surface area contributed by atoms with Crippen LogP contribution in [0.1, 0.15) is 0 Å². The van der Waals surface area contributed by atoms with Crippen LogP contribution in [0.5, 0.6) is 0 Å². The standard InChI is InChI=1S/C7H7N5S/c1-2-5-13-7-4-3-6-8-10-11-12(6)9-7/h2-4H,1,5H2. The second-order valence-corrected chi connectivity index (χ2v) is 3.34. The number of thioether (sulfide) groups is 1. The van der Waals surface area contributed by atoms with E-state index in [1.807, 2.05) is 18.2 Å². The highest BCUT2D eigenvalue weighted by atomic mass is 32.2. The van der Waals surface area contributed by atoms with Crippen molar-refractivity contribution in [1.29, 1.82) is 0 Å². The van der Waals surface area contributed by atoms with Crippen molar-refractivity contribution in [3.05, 3.63) is 24.8 Å². The van der Waals surface area contributed by atoms with Gasteiger partial charge in [0.2, 0.25) is 0 Å². The lowest BCUT2D eigenvalue weighted by atomic mass is 10.6. The van der Waals surface area contributed by atoms with Gasteiger partial charge in [0.15, 0.2) is 5.65 Å². The largest absolute Gasteiger partial charge is 0.200 e. The minimum Gasteiger partial charge on any atom is -0.140 e. The Morgan fingerprint density at radius 3 is 3.31 bits per heavy atom. The van der Waals surface area contributed by atoms with Crippen molar-refractivity contribution >= 4 is 17.4 Å². The first-order valence-electron chi connectivity index (χ1n) is 3.69. The van der Waals surface area contributed by atoms with E-state index >= 15 is 0 Å². The third-order valence-electron chi connectivity index (χ3n) is 1.39. The van der Waals surface area contributed by atoms with E-state index < -0.39 is 0 Å². The van der Waals surface area contributed by atoms with E-state index in [0.717, 1.165) is 10.8 Å². The first kappa shape index (κ1) is 8.18. The molecular formula is C7H7N5S. The molecule has 0 saturated heterocycles. The average molecular weight is 193 g/mol. The number of hydrogen-bond acceptors (Lipinski definition) is 5. The summed E-state index contributed by atoms with van der Waals surface area (Å²) >= 11 is 1.59. The van der Waals surface area contributed by atoms with Crippen molar-refractivity contribution in [3.63, 3.8) is 0 Å². The van der Waals surface area contributed by atoms with Gasteiger partial charge in [-0.25, -0.2) is 0 Å². The quantitative estimate of drug-likeness (QED) is 0.533. The molecule has 2 aromatic rings. The lowest BCUT2D eigenvalue weighted by Crippen LogP contribution is -1.95. The Morgan fingerprint density at radius 2 is 2.46 bits per heavy atom. The molecule has 0 spiro atoms. The maximum atomic E-state index is 4.17. The first-order valence-corrected chi connectivity index (χ1v) is 4.68. The zero-order valence-electron chi connectivity index (χ0n) is 6.79. The molecule has 0 atom stereocenters. The summed E-state index contributed by atoms with van der Waals surface area (Å²) in [4.78, 5) is 0. The molecule has 2 aromatic heterocycles. The fraction of sp³-hybridized carbons (Fsp3) is 0.143. The van der Waals surface area contributed by atoms with Crippen LogP contribution in [0.4, 0.5) is 0 Å². The lowest BCUT2D eigenvalue weighted by Gasteiger charge is -1.95. The van der Waals surface area contributed by atoms with E-state index in [1.165, 1.54) is 4.63 Å². The highest BCUT2D eigenvalue weighted by Gasteiger charge is 1.99. The molecule has 0 aromatic carbocycles. The van der Waals surface area contributed by atoms with Crippen molar-refractivity contribution in [2.75, 3.05) is 5.75 Å². The third kappa shape index (κ3) is 1.67. The van der Waals surface area contributed by atoms with Gasteiger partial charge in [0.05, 0.1) is 0 Å². The predicted molar refractivity (Wildman–Crippen MR) is 49.5 cm³/mol. The van der Waals surface area contributed by atoms with Crippen molar-refractivity contribution in [2.45, 2.75) is 5.03 Å². The van der Waals surface area contributed by atoms with Gasteiger partial charge in [0.25, 0.3) is 0 Å². The first-order chi connectivity index (χ1) is 6.40. The minimum atomic E-state index is 0.656. The topological polar surface area (TPSA) is 56.0 Å². The van der Waals surface area contributed by atoms with Gasteiger partial charge >= 0.3 is 0 Å². The van der Waals surface area contributed by atoms with Crippen molar-refractivity contribution in [2.24, 2.45) is 0 Å². The number of fused-ring (bicyclic) bond motifs is 1. The molecular weight excluding hydrogens is 186 g/mol. The molecule has 0 amide bonds. The summed E-state index contributed by atoms with van der Waals surface area (Å²) in [5.74, 6) is 0.834. The summed E-state index contributed by atoms with van der Waals surface area (Å²) in [5, 5.41) is 16.0. The molecule has 13 heavy (non-hydrogen) atoms. The minimum absolute atomic E-state index is 0.656. The zero-order valence-corrected chi connectivity index (χ0v) is 7.61. The lowest BCUT2D eigenvalue weighted by molar-refractivity contribution is 0.703. The summed E-state index contributed by atoms with van der Waals surface area (Å²) in [7, 11) is 0. The summed E-state index contributed by atoms with van der Waals surface area (Å²) in [6.45, 7) is 3.63. The molecule has 0 aliphatic heterocycles. The van der Waals surface area contributed by atoms with E-state index in [9.17, 15) is 0 Å². The molecule has 66 valence electrons. The van der Waals surface area contributed by atoms with Crippen LogP contribution >= 0.6 is 11.8 Å². The molecule has 0 saturated carbocycles. The molecule has 5 nitrogen and oxygen atoms in total. The summed E-state index contributed by atoms with van der Waals surface area (Å²) in [5.41, 5.74) is 0.656. The molecule has 0 fully saturated rings. The molecule has 0 radical (unpaired) electrons. The highest BCUT2D eigenvalue weighted by Crippen LogP contribution is 2.13. The number of rotatable bonds is 3. The van der Waals surface area contributed by atoms with Crippen LogP contribution < -0.4 is 0 Å². The third-order valence-corrected chi connectivity index (χ3v) is 2.31. The van der Waals surface area contributed by atoms with Gasteiger partial charge in [0, 0.05) is 5.75 Å². The number of tetrazole rings is 1. The second kappa shape index (κ2) is 3.53. The van der Waals surface area contributed by atoms with Crippen molar-refractivity contribution < 1.29 is 0 Å². The molecule has 2 heterocycles. The van der Waals surface area contributed by atoms with Crippen LogP contribution in [-0.2, 0) is 0 Å². The monoisotopic (exact) mass is 193 g/mol. The van der Waals surface area contributed by atoms with Gasteiger partial charge in [-0.3, -0.25) is 0 Å². The number of aromatic nitrogens is 5. The fourth-order valence-corrected chi connectivity index (χ4v) is 1.44. The van der Waals surface area contributed by atoms with Crippen molar-refractivity contribution in [3.8, 4) is 0 Å². The molecule has 0 N–H and O–H groups in total. The Balaban J connectivity index is 2.31. The zero-order chi connectivity index (χ0) is 9.10. The Bertz CT molecular complexity index is 423. The SMILES string of the molecule is C=CCSc1ccc2nnnn2n1. The van der Waals surface area contributed by atoms with Gasteiger partial charge in [-0.1, -0.05) is 6.08 Å². The molecule has 2 rings (SSSR count). The molecule has 6 heteroatoms. The second-order valence-electron chi connectivity index (χ2n) is 2.30. The summed E-state index contributed by atoms with van der Waals surface area (Å²) in [6, 6.07) is 3.72. The molecule has 0 aliphatic rings. The molecule has 0 unspecified atom stereocenters. The van der Waals surface area contributed by atoms with Crippen molar-refractivity contribution in [1.82, 2.24) is 25.3 Å². The van der Waals surface area contributed by atoms with Gasteiger partial charge in [-0.05, 0) is 22.6 Å². The van der Waals surface area contributed by atoms with E-state index in [2.05, 4.69) is 27.2 Å². The van der Waals surface area contributed by atoms with Gasteiger partial charge < -0.3 is 0 Å². The van der Waals surface area contributed by atoms with Crippen LogP contribution in [0.25, 0.3) is 5.65 Å². The van der Waals surface area contributed by atoms with Crippen LogP contribution in [0, 0.1) is 0 Å². The Kier molecular flexibility index (Phi) is 2.22. The highest BCUT2D eigenvalue weighted by molar-refractivity contribution is 7.99.